The van der Waals surface area contributed by atoms with Crippen LogP contribution in [0.3, 0.4) is 0 Å². The average Bonchev–Trinajstić information content (AvgIpc) is 3.02. The molecule has 0 radical (unpaired) electrons. The number of rotatable bonds is 5. The van der Waals surface area contributed by atoms with Gasteiger partial charge < -0.3 is 9.15 Å². The maximum Gasteiger partial charge on any atom is 0.322 e. The number of nitrogens with zero attached hydrogens (tertiary/aromatic N) is 2. The minimum absolute atomic E-state index is 0.0122. The van der Waals surface area contributed by atoms with Gasteiger partial charge >= 0.3 is 6.01 Å². The summed E-state index contributed by atoms with van der Waals surface area (Å²) in [4.78, 5) is 11.9. The predicted octanol–water partition coefficient (Wildman–Crippen LogP) is 3.51. The molecule has 0 spiro atoms. The van der Waals surface area contributed by atoms with E-state index >= 15 is 0 Å². The van der Waals surface area contributed by atoms with Gasteiger partial charge in [-0.15, -0.1) is 5.10 Å². The van der Waals surface area contributed by atoms with Gasteiger partial charge in [-0.2, -0.15) is 0 Å². The normalized spacial score (nSPS) is 10.5. The van der Waals surface area contributed by atoms with E-state index in [1.165, 1.54) is 24.3 Å². The molecule has 7 heteroatoms. The minimum atomic E-state index is -0.458. The maximum absolute atomic E-state index is 12.8. The molecule has 0 aliphatic carbocycles. The summed E-state index contributed by atoms with van der Waals surface area (Å²) < 4.78 is 23.5. The summed E-state index contributed by atoms with van der Waals surface area (Å²) in [6.07, 6.45) is 0. The van der Waals surface area contributed by atoms with Crippen molar-refractivity contribution in [2.45, 2.75) is 13.8 Å². The van der Waals surface area contributed by atoms with E-state index in [1.54, 1.807) is 0 Å². The number of benzene rings is 2. The Balaban J connectivity index is 1.60. The molecule has 0 bridgehead atoms. The number of halogens is 1. The molecule has 3 rings (SSSR count). The fourth-order valence-electron chi connectivity index (χ4n) is 2.32. The zero-order valence-corrected chi connectivity index (χ0v) is 13.7. The quantitative estimate of drug-likeness (QED) is 0.768. The van der Waals surface area contributed by atoms with Crippen molar-refractivity contribution in [3.05, 3.63) is 59.4 Å². The van der Waals surface area contributed by atoms with Crippen molar-refractivity contribution in [1.82, 2.24) is 10.2 Å². The molecule has 0 fully saturated rings. The third-order valence-corrected chi connectivity index (χ3v) is 3.32. The van der Waals surface area contributed by atoms with Crippen molar-refractivity contribution in [1.29, 1.82) is 0 Å². The average molecular weight is 341 g/mol. The zero-order valence-electron chi connectivity index (χ0n) is 13.7. The SMILES string of the molecule is Cc1cc(C)cc(-c2nnc(NC(=O)COc3ccc(F)cc3)o2)c1. The van der Waals surface area contributed by atoms with Crippen molar-refractivity contribution in [3.63, 3.8) is 0 Å². The number of carbonyl (C=O) groups is 1. The number of amides is 1. The molecule has 0 saturated carbocycles. The molecule has 0 atom stereocenters. The second kappa shape index (κ2) is 7.12. The van der Waals surface area contributed by atoms with Crippen LogP contribution in [0.4, 0.5) is 10.4 Å². The van der Waals surface area contributed by atoms with E-state index in [4.69, 9.17) is 9.15 Å². The van der Waals surface area contributed by atoms with E-state index in [0.717, 1.165) is 16.7 Å². The summed E-state index contributed by atoms with van der Waals surface area (Å²) in [7, 11) is 0. The number of hydrogen-bond acceptors (Lipinski definition) is 5. The van der Waals surface area contributed by atoms with Gasteiger partial charge in [-0.25, -0.2) is 4.39 Å². The summed E-state index contributed by atoms with van der Waals surface area (Å²) >= 11 is 0. The monoisotopic (exact) mass is 341 g/mol. The second-order valence-electron chi connectivity index (χ2n) is 5.58. The number of ether oxygens (including phenoxy) is 1. The highest BCUT2D eigenvalue weighted by molar-refractivity contribution is 5.89. The lowest BCUT2D eigenvalue weighted by molar-refractivity contribution is -0.118. The van der Waals surface area contributed by atoms with Crippen LogP contribution in [0.1, 0.15) is 11.1 Å². The Morgan fingerprint density at radius 1 is 1.12 bits per heavy atom. The molecule has 0 unspecified atom stereocenters. The highest BCUT2D eigenvalue weighted by atomic mass is 19.1. The molecule has 1 amide bonds. The van der Waals surface area contributed by atoms with Crippen LogP contribution in [0.2, 0.25) is 0 Å². The van der Waals surface area contributed by atoms with Crippen molar-refractivity contribution in [2.75, 3.05) is 11.9 Å². The first-order chi connectivity index (χ1) is 12.0. The number of hydrogen-bond donors (Lipinski definition) is 1. The standard InChI is InChI=1S/C18H16FN3O3/c1-11-7-12(2)9-13(8-11)17-21-22-18(25-17)20-16(23)10-24-15-5-3-14(19)4-6-15/h3-9H,10H2,1-2H3,(H,20,22,23). The van der Waals surface area contributed by atoms with Crippen LogP contribution in [-0.2, 0) is 4.79 Å². The maximum atomic E-state index is 12.8. The van der Waals surface area contributed by atoms with Crippen LogP contribution in [-0.4, -0.2) is 22.7 Å². The van der Waals surface area contributed by atoms with Crippen LogP contribution in [0, 0.1) is 19.7 Å². The van der Waals surface area contributed by atoms with Gasteiger partial charge in [-0.3, -0.25) is 10.1 Å². The van der Waals surface area contributed by atoms with Crippen molar-refractivity contribution >= 4 is 11.9 Å². The Bertz CT molecular complexity index is 871. The Morgan fingerprint density at radius 3 is 2.48 bits per heavy atom. The molecule has 0 aliphatic rings. The van der Waals surface area contributed by atoms with E-state index < -0.39 is 5.91 Å². The molecule has 25 heavy (non-hydrogen) atoms. The lowest BCUT2D eigenvalue weighted by Gasteiger charge is -2.04. The van der Waals surface area contributed by atoms with Crippen LogP contribution in [0.5, 0.6) is 5.75 Å². The van der Waals surface area contributed by atoms with Crippen LogP contribution in [0.15, 0.2) is 46.9 Å². The van der Waals surface area contributed by atoms with E-state index in [2.05, 4.69) is 15.5 Å². The molecule has 1 aromatic heterocycles. The Morgan fingerprint density at radius 2 is 1.80 bits per heavy atom. The summed E-state index contributed by atoms with van der Waals surface area (Å²) in [6, 6.07) is 11.2. The fourth-order valence-corrected chi connectivity index (χ4v) is 2.32. The number of aromatic nitrogens is 2. The van der Waals surface area contributed by atoms with Gasteiger partial charge in [0.2, 0.25) is 5.89 Å². The Labute approximate surface area is 143 Å². The highest BCUT2D eigenvalue weighted by Crippen LogP contribution is 2.22. The largest absolute Gasteiger partial charge is 0.484 e. The van der Waals surface area contributed by atoms with Gasteiger partial charge in [0.05, 0.1) is 0 Å². The number of anilines is 1. The molecule has 2 aromatic carbocycles. The van der Waals surface area contributed by atoms with Gasteiger partial charge in [-0.05, 0) is 50.2 Å². The van der Waals surface area contributed by atoms with E-state index in [1.807, 2.05) is 32.0 Å². The fraction of sp³-hybridized carbons (Fsp3) is 0.167. The van der Waals surface area contributed by atoms with Crippen molar-refractivity contribution in [3.8, 4) is 17.2 Å². The molecular weight excluding hydrogens is 325 g/mol. The summed E-state index contributed by atoms with van der Waals surface area (Å²) in [6.45, 7) is 3.69. The highest BCUT2D eigenvalue weighted by Gasteiger charge is 2.12. The first-order valence-electron chi connectivity index (χ1n) is 7.60. The lowest BCUT2D eigenvalue weighted by Crippen LogP contribution is -2.20. The van der Waals surface area contributed by atoms with Gasteiger partial charge in [0.1, 0.15) is 11.6 Å². The number of nitrogens with one attached hydrogen (secondary N) is 1. The summed E-state index contributed by atoms with van der Waals surface area (Å²) in [5.41, 5.74) is 2.94. The molecular formula is C18H16FN3O3. The third-order valence-electron chi connectivity index (χ3n) is 3.32. The number of carbonyl (C=O) groups excluding carboxylic acids is 1. The topological polar surface area (TPSA) is 77.2 Å². The molecule has 0 aliphatic heterocycles. The van der Waals surface area contributed by atoms with E-state index in [9.17, 15) is 9.18 Å². The summed E-state index contributed by atoms with van der Waals surface area (Å²) in [5, 5.41) is 10.2. The van der Waals surface area contributed by atoms with Crippen LogP contribution < -0.4 is 10.1 Å². The molecule has 6 nitrogen and oxygen atoms in total. The molecule has 128 valence electrons. The van der Waals surface area contributed by atoms with Crippen molar-refractivity contribution < 1.29 is 18.3 Å². The molecule has 1 heterocycles. The summed E-state index contributed by atoms with van der Waals surface area (Å²) in [5.74, 6) is -0.124. The zero-order chi connectivity index (χ0) is 17.8. The first kappa shape index (κ1) is 16.6. The Hall–Kier alpha value is -3.22. The Kier molecular flexibility index (Phi) is 4.74. The smallest absolute Gasteiger partial charge is 0.322 e. The molecule has 0 saturated heterocycles. The van der Waals surface area contributed by atoms with Crippen LogP contribution >= 0.6 is 0 Å². The van der Waals surface area contributed by atoms with Gasteiger partial charge in [0.25, 0.3) is 5.91 Å². The minimum Gasteiger partial charge on any atom is -0.484 e. The third kappa shape index (κ3) is 4.41. The lowest BCUT2D eigenvalue weighted by atomic mass is 10.1. The number of aryl methyl sites for hydroxylation is 2. The first-order valence-corrected chi connectivity index (χ1v) is 7.60. The van der Waals surface area contributed by atoms with Crippen LogP contribution in [0.25, 0.3) is 11.5 Å². The van der Waals surface area contributed by atoms with Gasteiger partial charge in [0, 0.05) is 5.56 Å². The van der Waals surface area contributed by atoms with Gasteiger partial charge in [0.15, 0.2) is 6.61 Å². The van der Waals surface area contributed by atoms with Gasteiger partial charge in [-0.1, -0.05) is 22.3 Å². The molecule has 3 aromatic rings. The molecule has 1 N–H and O–H groups in total. The van der Waals surface area contributed by atoms with Crippen molar-refractivity contribution in [2.24, 2.45) is 0 Å². The second-order valence-corrected chi connectivity index (χ2v) is 5.58. The predicted molar refractivity (Wildman–Crippen MR) is 89.7 cm³/mol. The van der Waals surface area contributed by atoms with E-state index in [-0.39, 0.29) is 18.4 Å². The van der Waals surface area contributed by atoms with E-state index in [0.29, 0.717) is 11.6 Å².